The molecule has 0 bridgehead atoms. The topological polar surface area (TPSA) is 40.6 Å². The predicted octanol–water partition coefficient (Wildman–Crippen LogP) is 4.53. The van der Waals surface area contributed by atoms with Crippen molar-refractivity contribution in [3.05, 3.63) is 82.0 Å². The number of allylic oxidation sites excluding steroid dienone is 2. The Kier molecular flexibility index (Phi) is 5.09. The average molecular weight is 395 g/mol. The molecule has 1 amide bonds. The minimum Gasteiger partial charge on any atom is -0.294 e. The lowest BCUT2D eigenvalue weighted by Gasteiger charge is -2.42. The highest BCUT2D eigenvalue weighted by Gasteiger charge is 2.42. The number of amides is 1. The second-order valence-electron chi connectivity index (χ2n) is 7.66. The monoisotopic (exact) mass is 394 g/mol. The summed E-state index contributed by atoms with van der Waals surface area (Å²) in [5.41, 5.74) is 3.66. The van der Waals surface area contributed by atoms with Gasteiger partial charge in [-0.1, -0.05) is 54.1 Å². The molecule has 1 heterocycles. The van der Waals surface area contributed by atoms with Crippen molar-refractivity contribution in [2.75, 3.05) is 14.1 Å². The van der Waals surface area contributed by atoms with Crippen molar-refractivity contribution >= 4 is 23.3 Å². The molecule has 0 aromatic heterocycles. The lowest BCUT2D eigenvalue weighted by atomic mass is 9.73. The molecule has 1 aliphatic carbocycles. The van der Waals surface area contributed by atoms with Gasteiger partial charge in [-0.15, -0.1) is 0 Å². The standard InChI is InChI=1S/C23H23ClN2O2/c1-25(2)26-20-12-17(15-7-4-3-5-8-15)13-21(27)23(20)19(14-22(26)28)16-9-6-10-18(24)11-16/h3-11,17,19H,12-14H2,1-2H3/t17-,19+/m1/s1. The minimum absolute atomic E-state index is 0.00948. The van der Waals surface area contributed by atoms with Crippen LogP contribution in [0.1, 0.15) is 42.2 Å². The number of nitrogens with zero attached hydrogens (tertiary/aromatic N) is 2. The average Bonchev–Trinajstić information content (AvgIpc) is 2.67. The van der Waals surface area contributed by atoms with Crippen LogP contribution in [0.2, 0.25) is 5.02 Å². The Balaban J connectivity index is 1.82. The first-order chi connectivity index (χ1) is 13.5. The zero-order valence-corrected chi connectivity index (χ0v) is 16.8. The second kappa shape index (κ2) is 7.53. The predicted molar refractivity (Wildman–Crippen MR) is 110 cm³/mol. The molecule has 0 fully saturated rings. The van der Waals surface area contributed by atoms with E-state index in [-0.39, 0.29) is 29.9 Å². The minimum atomic E-state index is -0.235. The van der Waals surface area contributed by atoms with E-state index < -0.39 is 0 Å². The Hall–Kier alpha value is -2.43. The van der Waals surface area contributed by atoms with E-state index in [4.69, 9.17) is 11.6 Å². The maximum atomic E-state index is 13.3. The maximum Gasteiger partial charge on any atom is 0.242 e. The third-order valence-corrected chi connectivity index (χ3v) is 5.86. The molecular formula is C23H23ClN2O2. The van der Waals surface area contributed by atoms with Gasteiger partial charge in [-0.3, -0.25) is 9.59 Å². The van der Waals surface area contributed by atoms with Crippen LogP contribution in [0.5, 0.6) is 0 Å². The zero-order valence-electron chi connectivity index (χ0n) is 16.1. The Morgan fingerprint density at radius 1 is 0.929 bits per heavy atom. The van der Waals surface area contributed by atoms with Crippen molar-refractivity contribution in [1.82, 2.24) is 10.0 Å². The van der Waals surface area contributed by atoms with Crippen LogP contribution in [0.4, 0.5) is 0 Å². The van der Waals surface area contributed by atoms with Gasteiger partial charge in [0.2, 0.25) is 5.91 Å². The summed E-state index contributed by atoms with van der Waals surface area (Å²) < 4.78 is 0. The number of hydrogen-bond acceptors (Lipinski definition) is 3. The highest BCUT2D eigenvalue weighted by atomic mass is 35.5. The number of carbonyl (C=O) groups excluding carboxylic acids is 2. The summed E-state index contributed by atoms with van der Waals surface area (Å²) >= 11 is 6.19. The van der Waals surface area contributed by atoms with Crippen molar-refractivity contribution in [2.24, 2.45) is 0 Å². The normalized spacial score (nSPS) is 22.6. The van der Waals surface area contributed by atoms with E-state index in [1.54, 1.807) is 10.0 Å². The Morgan fingerprint density at radius 3 is 2.32 bits per heavy atom. The van der Waals surface area contributed by atoms with Crippen molar-refractivity contribution in [1.29, 1.82) is 0 Å². The van der Waals surface area contributed by atoms with E-state index in [9.17, 15) is 9.59 Å². The fraction of sp³-hybridized carbons (Fsp3) is 0.304. The summed E-state index contributed by atoms with van der Waals surface area (Å²) in [4.78, 5) is 26.3. The van der Waals surface area contributed by atoms with E-state index in [2.05, 4.69) is 12.1 Å². The van der Waals surface area contributed by atoms with E-state index in [0.717, 1.165) is 22.4 Å². The molecule has 0 saturated carbocycles. The van der Waals surface area contributed by atoms with Gasteiger partial charge in [-0.25, -0.2) is 10.0 Å². The molecule has 2 aromatic carbocycles. The molecule has 5 heteroatoms. The first-order valence-electron chi connectivity index (χ1n) is 9.52. The smallest absolute Gasteiger partial charge is 0.242 e. The van der Waals surface area contributed by atoms with Crippen LogP contribution in [-0.2, 0) is 9.59 Å². The van der Waals surface area contributed by atoms with Crippen LogP contribution in [0.25, 0.3) is 0 Å². The molecule has 0 radical (unpaired) electrons. The molecule has 0 saturated heterocycles. The molecule has 0 N–H and O–H groups in total. The maximum absolute atomic E-state index is 13.3. The van der Waals surface area contributed by atoms with Gasteiger partial charge < -0.3 is 0 Å². The largest absolute Gasteiger partial charge is 0.294 e. The molecule has 0 spiro atoms. The Morgan fingerprint density at radius 2 is 1.64 bits per heavy atom. The Labute approximate surface area is 170 Å². The molecule has 28 heavy (non-hydrogen) atoms. The second-order valence-corrected chi connectivity index (χ2v) is 8.10. The van der Waals surface area contributed by atoms with Crippen LogP contribution in [0, 0.1) is 0 Å². The number of carbonyl (C=O) groups is 2. The molecule has 2 atom stereocenters. The number of hydrogen-bond donors (Lipinski definition) is 0. The zero-order chi connectivity index (χ0) is 19.8. The van der Waals surface area contributed by atoms with Crippen molar-refractivity contribution in [2.45, 2.75) is 31.1 Å². The van der Waals surface area contributed by atoms with Gasteiger partial charge in [0.1, 0.15) is 0 Å². The van der Waals surface area contributed by atoms with Gasteiger partial charge >= 0.3 is 0 Å². The fourth-order valence-corrected chi connectivity index (χ4v) is 4.65. The van der Waals surface area contributed by atoms with Gasteiger partial charge in [0.15, 0.2) is 5.78 Å². The summed E-state index contributed by atoms with van der Waals surface area (Å²) in [6.45, 7) is 0. The van der Waals surface area contributed by atoms with Crippen LogP contribution in [-0.4, -0.2) is 35.8 Å². The van der Waals surface area contributed by atoms with Crippen LogP contribution >= 0.6 is 11.6 Å². The van der Waals surface area contributed by atoms with Crippen LogP contribution in [0.3, 0.4) is 0 Å². The number of benzene rings is 2. The summed E-state index contributed by atoms with van der Waals surface area (Å²) in [5.74, 6) is -0.0166. The lowest BCUT2D eigenvalue weighted by molar-refractivity contribution is -0.143. The molecule has 144 valence electrons. The number of halogens is 1. The van der Waals surface area contributed by atoms with Gasteiger partial charge in [0.05, 0.1) is 0 Å². The quantitative estimate of drug-likeness (QED) is 0.767. The molecule has 4 rings (SSSR count). The highest BCUT2D eigenvalue weighted by molar-refractivity contribution is 6.30. The van der Waals surface area contributed by atoms with Crippen LogP contribution in [0.15, 0.2) is 65.9 Å². The molecule has 1 aliphatic heterocycles. The molecule has 2 aliphatic rings. The lowest BCUT2D eigenvalue weighted by Crippen LogP contribution is -2.47. The van der Waals surface area contributed by atoms with Crippen LogP contribution < -0.4 is 0 Å². The summed E-state index contributed by atoms with van der Waals surface area (Å²) in [6, 6.07) is 17.6. The van der Waals surface area contributed by atoms with Crippen molar-refractivity contribution < 1.29 is 9.59 Å². The SMILES string of the molecule is CN(C)N1C(=O)C[C@@H](c2cccc(Cl)c2)C2=C1C[C@@H](c1ccccc1)CC2=O. The van der Waals surface area contributed by atoms with Crippen molar-refractivity contribution in [3.63, 3.8) is 0 Å². The van der Waals surface area contributed by atoms with E-state index in [1.807, 2.05) is 56.6 Å². The first kappa shape index (κ1) is 18.9. The molecule has 4 nitrogen and oxygen atoms in total. The third kappa shape index (κ3) is 3.38. The van der Waals surface area contributed by atoms with Crippen molar-refractivity contribution in [3.8, 4) is 0 Å². The summed E-state index contributed by atoms with van der Waals surface area (Å²) in [5, 5.41) is 4.09. The summed E-state index contributed by atoms with van der Waals surface area (Å²) in [6.07, 6.45) is 1.42. The van der Waals surface area contributed by atoms with E-state index >= 15 is 0 Å². The van der Waals surface area contributed by atoms with E-state index in [1.165, 1.54) is 0 Å². The molecule has 2 aromatic rings. The van der Waals surface area contributed by atoms with Gasteiger partial charge in [-0.05, 0) is 35.6 Å². The van der Waals surface area contributed by atoms with Gasteiger partial charge in [-0.2, -0.15) is 0 Å². The number of rotatable bonds is 3. The Bertz CT molecular complexity index is 952. The first-order valence-corrected chi connectivity index (χ1v) is 9.90. The molecule has 0 unspecified atom stereocenters. The van der Waals surface area contributed by atoms with E-state index in [0.29, 0.717) is 17.9 Å². The number of ketones is 1. The van der Waals surface area contributed by atoms with Gasteiger partial charge in [0, 0.05) is 49.1 Å². The summed E-state index contributed by atoms with van der Waals surface area (Å²) in [7, 11) is 3.69. The van der Waals surface area contributed by atoms with Gasteiger partial charge in [0.25, 0.3) is 0 Å². The fourth-order valence-electron chi connectivity index (χ4n) is 4.45. The molecular weight excluding hydrogens is 372 g/mol. The third-order valence-electron chi connectivity index (χ3n) is 5.62. The highest BCUT2D eigenvalue weighted by Crippen LogP contribution is 2.46. The number of hydrazine groups is 1. The number of Topliss-reactive ketones (excluding diaryl/α,β-unsaturated/α-hetero) is 1.